The molecule has 8 nitrogen and oxygen atoms in total. The molecular weight excluding hydrogens is 416 g/mol. The molecule has 1 saturated heterocycles. The van der Waals surface area contributed by atoms with Crippen LogP contribution in [0.2, 0.25) is 5.02 Å². The standard InChI is InChI=1S/C22H23ClN6O2/c1-3-18(30)28-8-4-5-14(11-28)29-20(19-16(27-29)10-25-26-22(19)24)21-12(2)15-9-13(23)6-7-17(15)31-21/h3,6-7,9,14,25H,1,4-5,8,10-11H2,2H3,(H2,24,26). The van der Waals surface area contributed by atoms with E-state index in [1.807, 2.05) is 34.7 Å². The summed E-state index contributed by atoms with van der Waals surface area (Å²) in [5.41, 5.74) is 13.3. The summed E-state index contributed by atoms with van der Waals surface area (Å²) in [6.07, 6.45) is 3.13. The quantitative estimate of drug-likeness (QED) is 0.611. The molecular formula is C22H23ClN6O2. The number of carbonyl (C=O) groups excluding carboxylic acids is 1. The molecule has 1 aromatic carbocycles. The molecule has 2 aliphatic rings. The number of amidine groups is 1. The number of hydrogen-bond donors (Lipinski definition) is 2. The number of aromatic nitrogens is 2. The van der Waals surface area contributed by atoms with E-state index in [1.165, 1.54) is 6.08 Å². The third kappa shape index (κ3) is 3.18. The molecule has 0 aliphatic carbocycles. The molecule has 3 aromatic rings. The van der Waals surface area contributed by atoms with Crippen LogP contribution in [0.25, 0.3) is 22.4 Å². The van der Waals surface area contributed by atoms with Crippen molar-refractivity contribution in [3.05, 3.63) is 52.7 Å². The van der Waals surface area contributed by atoms with E-state index in [1.54, 1.807) is 0 Å². The van der Waals surface area contributed by atoms with Crippen molar-refractivity contribution in [2.75, 3.05) is 13.1 Å². The fourth-order valence-corrected chi connectivity index (χ4v) is 4.69. The van der Waals surface area contributed by atoms with E-state index in [0.717, 1.165) is 46.3 Å². The summed E-state index contributed by atoms with van der Waals surface area (Å²) in [4.78, 5) is 14.1. The molecule has 0 saturated carbocycles. The van der Waals surface area contributed by atoms with Crippen LogP contribution < -0.4 is 11.2 Å². The lowest BCUT2D eigenvalue weighted by Crippen LogP contribution is -2.40. The van der Waals surface area contributed by atoms with Crippen LogP contribution in [0.4, 0.5) is 0 Å². The lowest BCUT2D eigenvalue weighted by Gasteiger charge is -2.33. The van der Waals surface area contributed by atoms with Crippen molar-refractivity contribution in [2.24, 2.45) is 10.8 Å². The average Bonchev–Trinajstić information content (AvgIpc) is 3.32. The Kier molecular flexibility index (Phi) is 4.74. The van der Waals surface area contributed by atoms with Crippen LogP contribution in [-0.4, -0.2) is 39.5 Å². The molecule has 0 radical (unpaired) electrons. The van der Waals surface area contributed by atoms with E-state index in [0.29, 0.717) is 36.3 Å². The second-order valence-electron chi connectivity index (χ2n) is 7.93. The highest BCUT2D eigenvalue weighted by Crippen LogP contribution is 2.39. The monoisotopic (exact) mass is 438 g/mol. The summed E-state index contributed by atoms with van der Waals surface area (Å²) in [6.45, 7) is 7.37. The van der Waals surface area contributed by atoms with Gasteiger partial charge in [0.15, 0.2) is 11.6 Å². The average molecular weight is 439 g/mol. The predicted molar refractivity (Wildman–Crippen MR) is 120 cm³/mol. The maximum atomic E-state index is 12.2. The lowest BCUT2D eigenvalue weighted by atomic mass is 10.0. The maximum Gasteiger partial charge on any atom is 0.246 e. The Morgan fingerprint density at radius 2 is 2.29 bits per heavy atom. The first-order chi connectivity index (χ1) is 15.0. The fraction of sp³-hybridized carbons (Fsp3) is 0.318. The Hall–Kier alpha value is -3.26. The smallest absolute Gasteiger partial charge is 0.246 e. The van der Waals surface area contributed by atoms with Gasteiger partial charge in [-0.1, -0.05) is 18.2 Å². The molecule has 5 rings (SSSR count). The van der Waals surface area contributed by atoms with E-state index in [2.05, 4.69) is 17.1 Å². The second-order valence-corrected chi connectivity index (χ2v) is 8.36. The molecule has 2 aromatic heterocycles. The topological polar surface area (TPSA) is 102 Å². The van der Waals surface area contributed by atoms with Gasteiger partial charge in [0.2, 0.25) is 5.91 Å². The highest BCUT2D eigenvalue weighted by molar-refractivity contribution is 6.31. The molecule has 0 spiro atoms. The number of furan rings is 1. The predicted octanol–water partition coefficient (Wildman–Crippen LogP) is 3.33. The van der Waals surface area contributed by atoms with Crippen molar-refractivity contribution in [3.63, 3.8) is 0 Å². The molecule has 1 unspecified atom stereocenters. The number of nitrogens with zero attached hydrogens (tertiary/aromatic N) is 4. The van der Waals surface area contributed by atoms with Gasteiger partial charge in [-0.15, -0.1) is 0 Å². The molecule has 31 heavy (non-hydrogen) atoms. The van der Waals surface area contributed by atoms with Crippen LogP contribution in [0.15, 0.2) is 40.4 Å². The summed E-state index contributed by atoms with van der Waals surface area (Å²) < 4.78 is 8.26. The van der Waals surface area contributed by atoms with Gasteiger partial charge < -0.3 is 20.5 Å². The molecule has 1 amide bonds. The van der Waals surface area contributed by atoms with Crippen molar-refractivity contribution < 1.29 is 9.21 Å². The molecule has 2 aliphatic heterocycles. The molecule has 1 fully saturated rings. The Bertz CT molecular complexity index is 1240. The number of piperidine rings is 1. The lowest BCUT2D eigenvalue weighted by molar-refractivity contribution is -0.127. The number of carbonyl (C=O) groups is 1. The number of benzene rings is 1. The van der Waals surface area contributed by atoms with Crippen LogP contribution in [0.1, 0.15) is 35.7 Å². The van der Waals surface area contributed by atoms with E-state index < -0.39 is 0 Å². The molecule has 4 heterocycles. The molecule has 9 heteroatoms. The number of nitrogens with two attached hydrogens (primary N) is 1. The van der Waals surface area contributed by atoms with Crippen LogP contribution in [0.5, 0.6) is 0 Å². The number of hydrazone groups is 1. The first-order valence-corrected chi connectivity index (χ1v) is 10.6. The minimum atomic E-state index is -0.0690. The van der Waals surface area contributed by atoms with Gasteiger partial charge in [-0.2, -0.15) is 10.2 Å². The summed E-state index contributed by atoms with van der Waals surface area (Å²) in [5, 5.41) is 10.7. The molecule has 1 atom stereocenters. The van der Waals surface area contributed by atoms with Gasteiger partial charge in [0.25, 0.3) is 0 Å². The zero-order chi connectivity index (χ0) is 21.7. The van der Waals surface area contributed by atoms with Crippen molar-refractivity contribution in [1.82, 2.24) is 20.1 Å². The van der Waals surface area contributed by atoms with E-state index in [-0.39, 0.29) is 11.9 Å². The van der Waals surface area contributed by atoms with Crippen molar-refractivity contribution in [2.45, 2.75) is 32.4 Å². The van der Waals surface area contributed by atoms with Gasteiger partial charge in [0.1, 0.15) is 11.3 Å². The number of rotatable bonds is 3. The van der Waals surface area contributed by atoms with Gasteiger partial charge >= 0.3 is 0 Å². The zero-order valence-electron chi connectivity index (χ0n) is 17.2. The van der Waals surface area contributed by atoms with Gasteiger partial charge in [0.05, 0.1) is 23.8 Å². The van der Waals surface area contributed by atoms with Crippen LogP contribution >= 0.6 is 11.6 Å². The summed E-state index contributed by atoms with van der Waals surface area (Å²) in [6, 6.07) is 5.56. The van der Waals surface area contributed by atoms with Crippen molar-refractivity contribution in [1.29, 1.82) is 0 Å². The van der Waals surface area contributed by atoms with Crippen LogP contribution in [0.3, 0.4) is 0 Å². The van der Waals surface area contributed by atoms with Crippen LogP contribution in [-0.2, 0) is 11.3 Å². The largest absolute Gasteiger partial charge is 0.454 e. The third-order valence-corrected chi connectivity index (χ3v) is 6.26. The van der Waals surface area contributed by atoms with Gasteiger partial charge in [-0.25, -0.2) is 0 Å². The number of hydrogen-bond acceptors (Lipinski definition) is 6. The molecule has 3 N–H and O–H groups in total. The number of aryl methyl sites for hydroxylation is 1. The minimum absolute atomic E-state index is 0.0118. The zero-order valence-corrected chi connectivity index (χ0v) is 17.9. The van der Waals surface area contributed by atoms with Crippen LogP contribution in [0, 0.1) is 6.92 Å². The summed E-state index contributed by atoms with van der Waals surface area (Å²) in [5.74, 6) is 0.994. The number of likely N-dealkylation sites (tertiary alicyclic amines) is 1. The summed E-state index contributed by atoms with van der Waals surface area (Å²) >= 11 is 6.22. The summed E-state index contributed by atoms with van der Waals surface area (Å²) in [7, 11) is 0. The Labute approximate surface area is 184 Å². The Morgan fingerprint density at radius 1 is 1.45 bits per heavy atom. The first kappa shape index (κ1) is 19.7. The minimum Gasteiger partial charge on any atom is -0.454 e. The van der Waals surface area contributed by atoms with Crippen molar-refractivity contribution >= 4 is 34.3 Å². The number of fused-ring (bicyclic) bond motifs is 2. The van der Waals surface area contributed by atoms with Gasteiger partial charge in [-0.05, 0) is 44.0 Å². The maximum absolute atomic E-state index is 12.2. The van der Waals surface area contributed by atoms with Gasteiger partial charge in [0, 0.05) is 29.1 Å². The fourth-order valence-electron chi connectivity index (χ4n) is 4.51. The highest BCUT2D eigenvalue weighted by Gasteiger charge is 2.33. The van der Waals surface area contributed by atoms with E-state index >= 15 is 0 Å². The number of halogens is 1. The highest BCUT2D eigenvalue weighted by atomic mass is 35.5. The SMILES string of the molecule is C=CC(=O)N1CCCC(n2nc3c(c2-c2oc4ccc(Cl)cc4c2C)C(N)=NNC3)C1. The Morgan fingerprint density at radius 3 is 3.10 bits per heavy atom. The Balaban J connectivity index is 1.69. The number of nitrogens with one attached hydrogen (secondary N) is 1. The van der Waals surface area contributed by atoms with E-state index in [4.69, 9.17) is 26.9 Å². The van der Waals surface area contributed by atoms with E-state index in [9.17, 15) is 4.79 Å². The first-order valence-electron chi connectivity index (χ1n) is 10.3. The van der Waals surface area contributed by atoms with Gasteiger partial charge in [-0.3, -0.25) is 9.48 Å². The molecule has 160 valence electrons. The second kappa shape index (κ2) is 7.46. The third-order valence-electron chi connectivity index (χ3n) is 6.03. The van der Waals surface area contributed by atoms with Crippen molar-refractivity contribution in [3.8, 4) is 11.5 Å². The normalized spacial score (nSPS) is 18.5. The number of amides is 1. The molecule has 0 bridgehead atoms.